The van der Waals surface area contributed by atoms with Gasteiger partial charge in [0.1, 0.15) is 18.2 Å². The van der Waals surface area contributed by atoms with Gasteiger partial charge in [0.05, 0.1) is 12.2 Å². The predicted octanol–water partition coefficient (Wildman–Crippen LogP) is 1.30. The van der Waals surface area contributed by atoms with Crippen LogP contribution >= 0.6 is 0 Å². The summed E-state index contributed by atoms with van der Waals surface area (Å²) in [4.78, 5) is 31.2. The highest BCUT2D eigenvalue weighted by Crippen LogP contribution is 2.26. The highest BCUT2D eigenvalue weighted by atomic mass is 16.2. The van der Waals surface area contributed by atoms with Gasteiger partial charge in [0.25, 0.3) is 11.8 Å². The van der Waals surface area contributed by atoms with Crippen LogP contribution in [0.5, 0.6) is 0 Å². The Kier molecular flexibility index (Phi) is 4.87. The summed E-state index contributed by atoms with van der Waals surface area (Å²) < 4.78 is 3.43. The van der Waals surface area contributed by atoms with Gasteiger partial charge in [0, 0.05) is 19.2 Å². The third-order valence-corrected chi connectivity index (χ3v) is 5.20. The molecule has 2 amide bonds. The van der Waals surface area contributed by atoms with Crippen LogP contribution in [0, 0.1) is 13.8 Å². The largest absolute Gasteiger partial charge is 0.337 e. The van der Waals surface area contributed by atoms with Gasteiger partial charge in [0.2, 0.25) is 5.82 Å². The number of anilines is 1. The van der Waals surface area contributed by atoms with E-state index in [0.29, 0.717) is 19.5 Å². The molecule has 0 fully saturated rings. The van der Waals surface area contributed by atoms with Crippen molar-refractivity contribution >= 4 is 17.6 Å². The number of hydrogen-bond donors (Lipinski definition) is 1. The lowest BCUT2D eigenvalue weighted by Gasteiger charge is -2.20. The topological polar surface area (TPSA) is 97.9 Å². The molecule has 1 aromatic carbocycles. The van der Waals surface area contributed by atoms with E-state index >= 15 is 0 Å². The number of nitrogens with zero attached hydrogens (tertiary/aromatic N) is 6. The highest BCUT2D eigenvalue weighted by molar-refractivity contribution is 6.01. The average molecular weight is 393 g/mol. The van der Waals surface area contributed by atoms with Crippen molar-refractivity contribution in [1.82, 2.24) is 29.9 Å². The molecule has 0 saturated heterocycles. The second-order valence-corrected chi connectivity index (χ2v) is 7.22. The fourth-order valence-electron chi connectivity index (χ4n) is 3.55. The van der Waals surface area contributed by atoms with Gasteiger partial charge in [-0.05, 0) is 25.8 Å². The first-order valence-electron chi connectivity index (χ1n) is 9.50. The summed E-state index contributed by atoms with van der Waals surface area (Å²) in [7, 11) is 1.71. The maximum atomic E-state index is 12.9. The van der Waals surface area contributed by atoms with Gasteiger partial charge in [0.15, 0.2) is 0 Å². The zero-order chi connectivity index (χ0) is 20.5. The summed E-state index contributed by atoms with van der Waals surface area (Å²) in [6.07, 6.45) is 1.97. The van der Waals surface area contributed by atoms with E-state index < -0.39 is 11.9 Å². The van der Waals surface area contributed by atoms with E-state index in [0.717, 1.165) is 22.6 Å². The maximum absolute atomic E-state index is 12.9. The zero-order valence-electron chi connectivity index (χ0n) is 16.7. The first-order valence-corrected chi connectivity index (χ1v) is 9.50. The smallest absolute Gasteiger partial charge is 0.291 e. The summed E-state index contributed by atoms with van der Waals surface area (Å²) in [5, 5.41) is 11.5. The number of nitrogens with one attached hydrogen (secondary N) is 1. The number of aryl methyl sites for hydroxylation is 2. The molecular weight excluding hydrogens is 370 g/mol. The number of aromatic nitrogens is 5. The lowest BCUT2D eigenvalue weighted by molar-refractivity contribution is -0.120. The van der Waals surface area contributed by atoms with Crippen molar-refractivity contribution in [2.75, 3.05) is 11.9 Å². The molecule has 0 unspecified atom stereocenters. The van der Waals surface area contributed by atoms with Crippen molar-refractivity contribution in [3.05, 3.63) is 59.3 Å². The van der Waals surface area contributed by atoms with Crippen LogP contribution in [0.3, 0.4) is 0 Å². The number of carbonyl (C=O) groups excluding carboxylic acids is 2. The molecule has 1 aliphatic rings. The van der Waals surface area contributed by atoms with Crippen LogP contribution < -0.4 is 10.2 Å². The van der Waals surface area contributed by atoms with Gasteiger partial charge in [-0.2, -0.15) is 5.10 Å². The molecule has 29 heavy (non-hydrogen) atoms. The number of fused-ring (bicyclic) bond motifs is 1. The van der Waals surface area contributed by atoms with Gasteiger partial charge in [-0.25, -0.2) is 14.3 Å². The lowest BCUT2D eigenvalue weighted by atomic mass is 10.2. The van der Waals surface area contributed by atoms with Crippen LogP contribution in [-0.2, 0) is 17.9 Å². The van der Waals surface area contributed by atoms with Crippen LogP contribution in [0.2, 0.25) is 0 Å². The monoisotopic (exact) mass is 393 g/mol. The number of benzene rings is 1. The van der Waals surface area contributed by atoms with Crippen molar-refractivity contribution in [3.8, 4) is 0 Å². The van der Waals surface area contributed by atoms with E-state index in [9.17, 15) is 9.59 Å². The first kappa shape index (κ1) is 18.9. The Balaban J connectivity index is 1.45. The molecule has 3 heterocycles. The standard InChI is InChI=1S/C20H23N7O2/c1-13-14(2)23-27-10-9-16(20(29)25(3)19(13)27)22-18(28)17-21-12-26(24-17)11-15-7-5-4-6-8-15/h4-8,12,16H,9-11H2,1-3H3,(H,22,28)/t16-/m0/s1. The van der Waals surface area contributed by atoms with Gasteiger partial charge in [-0.3, -0.25) is 14.5 Å². The summed E-state index contributed by atoms with van der Waals surface area (Å²) in [6.45, 7) is 4.93. The molecular formula is C20H23N7O2. The van der Waals surface area contributed by atoms with Crippen LogP contribution in [0.25, 0.3) is 0 Å². The molecule has 3 aromatic rings. The molecule has 1 N–H and O–H groups in total. The minimum absolute atomic E-state index is 0.0467. The fourth-order valence-corrected chi connectivity index (χ4v) is 3.55. The van der Waals surface area contributed by atoms with Crippen LogP contribution in [0.15, 0.2) is 36.7 Å². The molecule has 0 bridgehead atoms. The van der Waals surface area contributed by atoms with E-state index in [4.69, 9.17) is 0 Å². The minimum Gasteiger partial charge on any atom is -0.337 e. The molecule has 1 aliphatic heterocycles. The Hall–Kier alpha value is -3.49. The molecule has 9 nitrogen and oxygen atoms in total. The normalized spacial score (nSPS) is 16.4. The van der Waals surface area contributed by atoms with Crippen molar-refractivity contribution in [3.63, 3.8) is 0 Å². The van der Waals surface area contributed by atoms with E-state index in [1.54, 1.807) is 16.6 Å². The molecule has 4 rings (SSSR count). The molecule has 0 spiro atoms. The molecule has 150 valence electrons. The summed E-state index contributed by atoms with van der Waals surface area (Å²) in [6, 6.07) is 9.14. The Bertz CT molecular complexity index is 1050. The number of hydrogen-bond acceptors (Lipinski definition) is 5. The first-order chi connectivity index (χ1) is 13.9. The Morgan fingerprint density at radius 2 is 1.97 bits per heavy atom. The van der Waals surface area contributed by atoms with Crippen molar-refractivity contribution < 1.29 is 9.59 Å². The van der Waals surface area contributed by atoms with E-state index in [1.165, 1.54) is 6.33 Å². The summed E-state index contributed by atoms with van der Waals surface area (Å²) >= 11 is 0. The zero-order valence-corrected chi connectivity index (χ0v) is 16.7. The van der Waals surface area contributed by atoms with Gasteiger partial charge in [-0.1, -0.05) is 30.3 Å². The average Bonchev–Trinajstić information content (AvgIpc) is 3.26. The van der Waals surface area contributed by atoms with Crippen molar-refractivity contribution in [1.29, 1.82) is 0 Å². The predicted molar refractivity (Wildman–Crippen MR) is 107 cm³/mol. The Morgan fingerprint density at radius 1 is 1.21 bits per heavy atom. The van der Waals surface area contributed by atoms with Crippen molar-refractivity contribution in [2.45, 2.75) is 39.4 Å². The summed E-state index contributed by atoms with van der Waals surface area (Å²) in [5.41, 5.74) is 2.93. The molecule has 1 atom stereocenters. The SMILES string of the molecule is Cc1nn2c(c1C)N(C)C(=O)[C@@H](NC(=O)c1ncn(Cc3ccccc3)n1)CC2. The number of likely N-dealkylation sites (N-methyl/N-ethyl adjacent to an activating group) is 1. The maximum Gasteiger partial charge on any atom is 0.291 e. The number of carbonyl (C=O) groups is 2. The molecule has 0 saturated carbocycles. The molecule has 2 aromatic heterocycles. The second kappa shape index (κ2) is 7.50. The Labute approximate surface area is 168 Å². The van der Waals surface area contributed by atoms with Crippen molar-refractivity contribution in [2.24, 2.45) is 0 Å². The van der Waals surface area contributed by atoms with Crippen LogP contribution in [-0.4, -0.2) is 49.4 Å². The third-order valence-electron chi connectivity index (χ3n) is 5.20. The number of amides is 2. The lowest BCUT2D eigenvalue weighted by Crippen LogP contribution is -2.47. The van der Waals surface area contributed by atoms with Gasteiger partial charge in [-0.15, -0.1) is 5.10 Å². The van der Waals surface area contributed by atoms with Gasteiger partial charge >= 0.3 is 0 Å². The second-order valence-electron chi connectivity index (χ2n) is 7.22. The van der Waals surface area contributed by atoms with E-state index in [1.807, 2.05) is 48.9 Å². The van der Waals surface area contributed by atoms with E-state index in [-0.39, 0.29) is 11.7 Å². The highest BCUT2D eigenvalue weighted by Gasteiger charge is 2.32. The molecule has 0 radical (unpaired) electrons. The van der Waals surface area contributed by atoms with Crippen LogP contribution in [0.1, 0.15) is 33.9 Å². The quantitative estimate of drug-likeness (QED) is 0.721. The van der Waals surface area contributed by atoms with Gasteiger partial charge < -0.3 is 5.32 Å². The molecule has 0 aliphatic carbocycles. The van der Waals surface area contributed by atoms with E-state index in [2.05, 4.69) is 20.5 Å². The summed E-state index contributed by atoms with van der Waals surface area (Å²) in [5.74, 6) is 0.180. The minimum atomic E-state index is -0.657. The Morgan fingerprint density at radius 3 is 2.72 bits per heavy atom. The third kappa shape index (κ3) is 3.63. The fraction of sp³-hybridized carbons (Fsp3) is 0.350. The number of rotatable bonds is 4. The van der Waals surface area contributed by atoms with Crippen LogP contribution in [0.4, 0.5) is 5.82 Å². The molecule has 9 heteroatoms.